The number of halogens is 1. The highest BCUT2D eigenvalue weighted by atomic mass is 32.2. The van der Waals surface area contributed by atoms with E-state index >= 15 is 0 Å². The van der Waals surface area contributed by atoms with E-state index in [1.165, 1.54) is 56.9 Å². The van der Waals surface area contributed by atoms with Gasteiger partial charge in [0.05, 0.1) is 21.7 Å². The summed E-state index contributed by atoms with van der Waals surface area (Å²) < 4.78 is 41.4. The van der Waals surface area contributed by atoms with Gasteiger partial charge in [-0.15, -0.1) is 0 Å². The van der Waals surface area contributed by atoms with E-state index < -0.39 is 10.0 Å². The first-order chi connectivity index (χ1) is 16.8. The molecule has 0 radical (unpaired) electrons. The van der Waals surface area contributed by atoms with Gasteiger partial charge in [-0.1, -0.05) is 55.0 Å². The average Bonchev–Trinajstić information content (AvgIpc) is 3.29. The van der Waals surface area contributed by atoms with Crippen molar-refractivity contribution in [3.8, 4) is 0 Å². The van der Waals surface area contributed by atoms with Crippen LogP contribution in [0.4, 0.5) is 9.52 Å². The third-order valence-electron chi connectivity index (χ3n) is 5.63. The second kappa shape index (κ2) is 10.6. The van der Waals surface area contributed by atoms with Gasteiger partial charge in [-0.25, -0.2) is 22.1 Å². The van der Waals surface area contributed by atoms with Crippen molar-refractivity contribution in [3.63, 3.8) is 0 Å². The minimum atomic E-state index is -3.63. The quantitative estimate of drug-likeness (QED) is 0.289. The summed E-state index contributed by atoms with van der Waals surface area (Å²) >= 11 is 1.23. The highest BCUT2D eigenvalue weighted by molar-refractivity contribution is 7.89. The maximum atomic E-state index is 13.7. The number of rotatable bonds is 9. The maximum absolute atomic E-state index is 13.7. The third-order valence-corrected chi connectivity index (χ3v) is 8.55. The van der Waals surface area contributed by atoms with Crippen LogP contribution in [0.1, 0.15) is 35.7 Å². The Hall–Kier alpha value is -3.14. The zero-order chi connectivity index (χ0) is 25.0. The van der Waals surface area contributed by atoms with Gasteiger partial charge in [-0.2, -0.15) is 0 Å². The number of benzene rings is 3. The number of fused-ring (bicyclic) bond motifs is 1. The molecule has 6 nitrogen and oxygen atoms in total. The molecule has 0 aliphatic heterocycles. The second-order valence-electron chi connectivity index (χ2n) is 8.19. The summed E-state index contributed by atoms with van der Waals surface area (Å²) in [5, 5.41) is 0.440. The molecule has 0 N–H and O–H groups in total. The molecule has 0 fully saturated rings. The van der Waals surface area contributed by atoms with E-state index in [1.807, 2.05) is 37.3 Å². The standard InChI is InChI=1S/C26H26FN3O3S2/c1-3-4-16-29(2)35(32,33)22-13-10-20(11-14-22)25(31)30(18-19-8-6-5-7-9-19)26-28-23-15-12-21(27)17-24(23)34-26/h5-15,17H,3-4,16,18H2,1-2H3. The van der Waals surface area contributed by atoms with Gasteiger partial charge >= 0.3 is 0 Å². The number of hydrogen-bond acceptors (Lipinski definition) is 5. The predicted octanol–water partition coefficient (Wildman–Crippen LogP) is 5.70. The molecule has 0 aliphatic rings. The van der Waals surface area contributed by atoms with Gasteiger partial charge in [0.15, 0.2) is 5.13 Å². The SMILES string of the molecule is CCCCN(C)S(=O)(=O)c1ccc(C(=O)N(Cc2ccccc2)c2nc3ccc(F)cc3s2)cc1. The van der Waals surface area contributed by atoms with Gasteiger partial charge in [0.25, 0.3) is 5.91 Å². The molecule has 1 heterocycles. The fourth-order valence-electron chi connectivity index (χ4n) is 3.60. The number of sulfonamides is 1. The largest absolute Gasteiger partial charge is 0.279 e. The van der Waals surface area contributed by atoms with Gasteiger partial charge in [0, 0.05) is 19.2 Å². The summed E-state index contributed by atoms with van der Waals surface area (Å²) in [6.07, 6.45) is 1.66. The molecule has 35 heavy (non-hydrogen) atoms. The lowest BCUT2D eigenvalue weighted by atomic mass is 10.1. The smallest absolute Gasteiger partial charge is 0.260 e. The van der Waals surface area contributed by atoms with Crippen molar-refractivity contribution in [3.05, 3.63) is 89.7 Å². The molecule has 0 saturated carbocycles. The van der Waals surface area contributed by atoms with E-state index in [9.17, 15) is 17.6 Å². The van der Waals surface area contributed by atoms with Crippen LogP contribution < -0.4 is 4.90 Å². The van der Waals surface area contributed by atoms with E-state index in [2.05, 4.69) is 4.98 Å². The average molecular weight is 512 g/mol. The van der Waals surface area contributed by atoms with Gasteiger partial charge in [-0.05, 0) is 54.4 Å². The van der Waals surface area contributed by atoms with Crippen LogP contribution in [0.2, 0.25) is 0 Å². The van der Waals surface area contributed by atoms with E-state index in [-0.39, 0.29) is 23.2 Å². The van der Waals surface area contributed by atoms with Gasteiger partial charge in [0.1, 0.15) is 5.82 Å². The normalized spacial score (nSPS) is 11.8. The first kappa shape index (κ1) is 25.0. The number of carbonyl (C=O) groups excluding carboxylic acids is 1. The van der Waals surface area contributed by atoms with Crippen LogP contribution in [0.3, 0.4) is 0 Å². The number of amides is 1. The Bertz CT molecular complexity index is 1420. The van der Waals surface area contributed by atoms with E-state index in [1.54, 1.807) is 13.1 Å². The molecule has 1 amide bonds. The van der Waals surface area contributed by atoms with Crippen LogP contribution in [-0.2, 0) is 16.6 Å². The van der Waals surface area contributed by atoms with Crippen LogP contribution in [0.25, 0.3) is 10.2 Å². The van der Waals surface area contributed by atoms with Crippen LogP contribution in [-0.4, -0.2) is 37.2 Å². The molecule has 0 atom stereocenters. The number of aromatic nitrogens is 1. The fourth-order valence-corrected chi connectivity index (χ4v) is 5.80. The summed E-state index contributed by atoms with van der Waals surface area (Å²) in [6.45, 7) is 2.70. The number of carbonyl (C=O) groups is 1. The zero-order valence-corrected chi connectivity index (χ0v) is 21.2. The highest BCUT2D eigenvalue weighted by Crippen LogP contribution is 2.31. The predicted molar refractivity (Wildman–Crippen MR) is 138 cm³/mol. The summed E-state index contributed by atoms with van der Waals surface area (Å²) in [5.41, 5.74) is 1.85. The van der Waals surface area contributed by atoms with E-state index in [0.717, 1.165) is 18.4 Å². The van der Waals surface area contributed by atoms with Crippen molar-refractivity contribution < 1.29 is 17.6 Å². The highest BCUT2D eigenvalue weighted by Gasteiger charge is 2.24. The Labute approximate surface area is 208 Å². The van der Waals surface area contributed by atoms with Crippen LogP contribution >= 0.6 is 11.3 Å². The Morgan fingerprint density at radius 1 is 1.03 bits per heavy atom. The number of anilines is 1. The summed E-state index contributed by atoms with van der Waals surface area (Å²) in [4.78, 5) is 19.8. The van der Waals surface area contributed by atoms with Gasteiger partial charge in [0.2, 0.25) is 10.0 Å². The van der Waals surface area contributed by atoms with Crippen molar-refractivity contribution in [2.24, 2.45) is 0 Å². The number of hydrogen-bond donors (Lipinski definition) is 0. The van der Waals surface area contributed by atoms with Crippen molar-refractivity contribution in [2.75, 3.05) is 18.5 Å². The van der Waals surface area contributed by atoms with Crippen LogP contribution in [0.15, 0.2) is 77.7 Å². The van der Waals surface area contributed by atoms with Crippen molar-refractivity contribution in [1.29, 1.82) is 0 Å². The number of unbranched alkanes of at least 4 members (excludes halogenated alkanes) is 1. The van der Waals surface area contributed by atoms with E-state index in [4.69, 9.17) is 0 Å². The summed E-state index contributed by atoms with van der Waals surface area (Å²) in [7, 11) is -2.08. The third kappa shape index (κ3) is 5.58. The Morgan fingerprint density at radius 2 is 1.74 bits per heavy atom. The zero-order valence-electron chi connectivity index (χ0n) is 19.5. The summed E-state index contributed by atoms with van der Waals surface area (Å²) in [5.74, 6) is -0.689. The Balaban J connectivity index is 1.66. The number of thiazole rings is 1. The van der Waals surface area contributed by atoms with Gasteiger partial charge in [-0.3, -0.25) is 9.69 Å². The van der Waals surface area contributed by atoms with Gasteiger partial charge < -0.3 is 0 Å². The molecular formula is C26H26FN3O3S2. The minimum absolute atomic E-state index is 0.137. The molecule has 4 rings (SSSR count). The maximum Gasteiger partial charge on any atom is 0.260 e. The first-order valence-electron chi connectivity index (χ1n) is 11.3. The number of nitrogens with zero attached hydrogens (tertiary/aromatic N) is 3. The molecule has 0 bridgehead atoms. The summed E-state index contributed by atoms with van der Waals surface area (Å²) in [6, 6.07) is 19.8. The first-order valence-corrected chi connectivity index (χ1v) is 13.5. The molecule has 1 aromatic heterocycles. The molecule has 0 aliphatic carbocycles. The van der Waals surface area contributed by atoms with Crippen LogP contribution in [0, 0.1) is 5.82 Å². The molecule has 9 heteroatoms. The van der Waals surface area contributed by atoms with Crippen molar-refractivity contribution in [1.82, 2.24) is 9.29 Å². The molecule has 0 saturated heterocycles. The Kier molecular flexibility index (Phi) is 7.59. The topological polar surface area (TPSA) is 70.6 Å². The molecule has 0 spiro atoms. The lowest BCUT2D eigenvalue weighted by molar-refractivity contribution is 0.0985. The minimum Gasteiger partial charge on any atom is -0.279 e. The molecule has 3 aromatic carbocycles. The Morgan fingerprint density at radius 3 is 2.43 bits per heavy atom. The second-order valence-corrected chi connectivity index (χ2v) is 11.2. The monoisotopic (exact) mass is 511 g/mol. The molecule has 4 aromatic rings. The molecule has 182 valence electrons. The fraction of sp³-hybridized carbons (Fsp3) is 0.231. The molecule has 0 unspecified atom stereocenters. The van der Waals surface area contributed by atoms with Crippen molar-refractivity contribution >= 4 is 42.6 Å². The molecular weight excluding hydrogens is 485 g/mol. The van der Waals surface area contributed by atoms with Crippen molar-refractivity contribution in [2.45, 2.75) is 31.2 Å². The lowest BCUT2D eigenvalue weighted by Crippen LogP contribution is -2.30. The van der Waals surface area contributed by atoms with E-state index in [0.29, 0.717) is 27.5 Å². The lowest BCUT2D eigenvalue weighted by Gasteiger charge is -2.21. The van der Waals surface area contributed by atoms with Crippen LogP contribution in [0.5, 0.6) is 0 Å².